The smallest absolute Gasteiger partial charge is 0.191 e. The Morgan fingerprint density at radius 1 is 1.50 bits per heavy atom. The van der Waals surface area contributed by atoms with Crippen molar-refractivity contribution in [2.75, 3.05) is 20.2 Å². The molecule has 0 aliphatic carbocycles. The molecule has 1 unspecified atom stereocenters. The summed E-state index contributed by atoms with van der Waals surface area (Å²) in [4.78, 5) is 6.45. The first-order chi connectivity index (χ1) is 6.45. The second-order valence-corrected chi connectivity index (χ2v) is 4.99. The Morgan fingerprint density at radius 2 is 2.21 bits per heavy atom. The number of hydrogen-bond acceptors (Lipinski definition) is 4. The van der Waals surface area contributed by atoms with Gasteiger partial charge in [-0.25, -0.2) is 0 Å². The minimum absolute atomic E-state index is 0.0490. The molecule has 0 aromatic carbocycles. The van der Waals surface area contributed by atoms with E-state index in [1.165, 1.54) is 0 Å². The average molecular weight is 197 g/mol. The summed E-state index contributed by atoms with van der Waals surface area (Å²) in [6, 6.07) is 0. The second-order valence-electron chi connectivity index (χ2n) is 4.99. The number of hydrogen-bond donors (Lipinski definition) is 1. The first-order valence-corrected chi connectivity index (χ1v) is 5.13. The van der Waals surface area contributed by atoms with Crippen LogP contribution in [0.5, 0.6) is 0 Å². The third-order valence-corrected chi connectivity index (χ3v) is 3.41. The molecule has 2 aliphatic rings. The van der Waals surface area contributed by atoms with Crippen molar-refractivity contribution in [3.05, 3.63) is 0 Å². The molecule has 2 rings (SSSR count). The van der Waals surface area contributed by atoms with Crippen molar-refractivity contribution in [1.29, 1.82) is 0 Å². The van der Waals surface area contributed by atoms with E-state index in [1.54, 1.807) is 0 Å². The monoisotopic (exact) mass is 197 g/mol. The second kappa shape index (κ2) is 2.86. The molecule has 4 nitrogen and oxygen atoms in total. The lowest BCUT2D eigenvalue weighted by molar-refractivity contribution is -0.0979. The van der Waals surface area contributed by atoms with Crippen LogP contribution in [0.15, 0.2) is 4.99 Å². The van der Waals surface area contributed by atoms with E-state index in [0.29, 0.717) is 5.96 Å². The van der Waals surface area contributed by atoms with E-state index in [4.69, 9.17) is 10.5 Å². The van der Waals surface area contributed by atoms with E-state index < -0.39 is 0 Å². The summed E-state index contributed by atoms with van der Waals surface area (Å²) in [5.74, 6) is 0.669. The minimum Gasteiger partial charge on any atom is -0.375 e. The van der Waals surface area contributed by atoms with Crippen molar-refractivity contribution in [2.45, 2.75) is 37.8 Å². The van der Waals surface area contributed by atoms with Gasteiger partial charge in [0, 0.05) is 20.1 Å². The Morgan fingerprint density at radius 3 is 2.71 bits per heavy atom. The summed E-state index contributed by atoms with van der Waals surface area (Å²) in [6.07, 6.45) is 2.03. The summed E-state index contributed by atoms with van der Waals surface area (Å²) in [5, 5.41) is 0. The number of guanidine groups is 1. The van der Waals surface area contributed by atoms with Crippen LogP contribution in [-0.2, 0) is 4.74 Å². The van der Waals surface area contributed by atoms with Crippen LogP contribution in [0.3, 0.4) is 0 Å². The molecule has 2 N–H and O–H groups in total. The standard InChI is InChI=1S/C10H19N3O/c1-9(2)6-10(4-5-14-9)7-12-8(11)13(10)3/h4-7H2,1-3H3,(H2,11,12). The van der Waals surface area contributed by atoms with Crippen molar-refractivity contribution in [3.63, 3.8) is 0 Å². The molecule has 0 saturated carbocycles. The van der Waals surface area contributed by atoms with Gasteiger partial charge in [0.2, 0.25) is 0 Å². The summed E-state index contributed by atoms with van der Waals surface area (Å²) >= 11 is 0. The Kier molecular flexibility index (Phi) is 2.00. The van der Waals surface area contributed by atoms with E-state index in [0.717, 1.165) is 26.0 Å². The Bertz CT molecular complexity index is 275. The van der Waals surface area contributed by atoms with Crippen molar-refractivity contribution in [3.8, 4) is 0 Å². The van der Waals surface area contributed by atoms with Crippen LogP contribution < -0.4 is 5.73 Å². The van der Waals surface area contributed by atoms with E-state index in [-0.39, 0.29) is 11.1 Å². The Hall–Kier alpha value is -0.770. The highest BCUT2D eigenvalue weighted by Crippen LogP contribution is 2.38. The van der Waals surface area contributed by atoms with Crippen LogP contribution in [0.1, 0.15) is 26.7 Å². The van der Waals surface area contributed by atoms with Crippen LogP contribution in [0.25, 0.3) is 0 Å². The number of nitrogens with two attached hydrogens (primary N) is 1. The molecule has 2 aliphatic heterocycles. The zero-order chi connectivity index (χ0) is 10.4. The molecule has 1 atom stereocenters. The number of rotatable bonds is 0. The van der Waals surface area contributed by atoms with Crippen LogP contribution in [0.4, 0.5) is 0 Å². The molecule has 80 valence electrons. The lowest BCUT2D eigenvalue weighted by Crippen LogP contribution is -2.56. The zero-order valence-corrected chi connectivity index (χ0v) is 9.21. The SMILES string of the molecule is CN1C(N)=NCC12CCOC(C)(C)C2. The molecular formula is C10H19N3O. The molecule has 1 spiro atoms. The van der Waals surface area contributed by atoms with E-state index in [2.05, 4.69) is 23.7 Å². The van der Waals surface area contributed by atoms with Crippen molar-refractivity contribution >= 4 is 5.96 Å². The highest BCUT2D eigenvalue weighted by atomic mass is 16.5. The van der Waals surface area contributed by atoms with Gasteiger partial charge >= 0.3 is 0 Å². The van der Waals surface area contributed by atoms with Gasteiger partial charge in [-0.05, 0) is 20.3 Å². The van der Waals surface area contributed by atoms with E-state index in [1.807, 2.05) is 7.05 Å². The maximum atomic E-state index is 5.81. The fraction of sp³-hybridized carbons (Fsp3) is 0.900. The van der Waals surface area contributed by atoms with Gasteiger partial charge in [0.1, 0.15) is 0 Å². The Labute approximate surface area is 85.1 Å². The van der Waals surface area contributed by atoms with Crippen LogP contribution >= 0.6 is 0 Å². The molecule has 1 saturated heterocycles. The molecule has 0 bridgehead atoms. The summed E-state index contributed by atoms with van der Waals surface area (Å²) in [7, 11) is 2.03. The van der Waals surface area contributed by atoms with Gasteiger partial charge in [0.15, 0.2) is 5.96 Å². The molecule has 0 aromatic heterocycles. The largest absolute Gasteiger partial charge is 0.375 e. The quantitative estimate of drug-likeness (QED) is 0.618. The third-order valence-electron chi connectivity index (χ3n) is 3.41. The first kappa shape index (κ1) is 9.77. The topological polar surface area (TPSA) is 50.8 Å². The van der Waals surface area contributed by atoms with Crippen molar-refractivity contribution in [2.24, 2.45) is 10.7 Å². The normalized spacial score (nSPS) is 36.2. The number of likely N-dealkylation sites (N-methyl/N-ethyl adjacent to an activating group) is 1. The van der Waals surface area contributed by atoms with Gasteiger partial charge in [0.25, 0.3) is 0 Å². The highest BCUT2D eigenvalue weighted by Gasteiger charge is 2.46. The zero-order valence-electron chi connectivity index (χ0n) is 9.21. The van der Waals surface area contributed by atoms with E-state index >= 15 is 0 Å². The molecule has 1 fully saturated rings. The van der Waals surface area contributed by atoms with Crippen molar-refractivity contribution < 1.29 is 4.74 Å². The molecule has 4 heteroatoms. The fourth-order valence-corrected chi connectivity index (χ4v) is 2.55. The molecule has 2 heterocycles. The number of nitrogens with zero attached hydrogens (tertiary/aromatic N) is 2. The molecule has 0 aromatic rings. The van der Waals surface area contributed by atoms with Crippen LogP contribution in [0, 0.1) is 0 Å². The van der Waals surface area contributed by atoms with Gasteiger partial charge in [-0.15, -0.1) is 0 Å². The summed E-state index contributed by atoms with van der Waals surface area (Å²) in [6.45, 7) is 5.90. The van der Waals surface area contributed by atoms with Crippen LogP contribution in [-0.4, -0.2) is 42.2 Å². The lowest BCUT2D eigenvalue weighted by Gasteiger charge is -2.46. The molecule has 0 radical (unpaired) electrons. The fourth-order valence-electron chi connectivity index (χ4n) is 2.55. The maximum absolute atomic E-state index is 5.81. The number of aliphatic imine (C=N–C) groups is 1. The van der Waals surface area contributed by atoms with Gasteiger partial charge in [-0.2, -0.15) is 0 Å². The van der Waals surface area contributed by atoms with E-state index in [9.17, 15) is 0 Å². The van der Waals surface area contributed by atoms with Gasteiger partial charge in [-0.3, -0.25) is 4.99 Å². The molecular weight excluding hydrogens is 178 g/mol. The third kappa shape index (κ3) is 1.38. The summed E-state index contributed by atoms with van der Waals surface area (Å²) < 4.78 is 5.72. The van der Waals surface area contributed by atoms with Crippen LogP contribution in [0.2, 0.25) is 0 Å². The molecule has 14 heavy (non-hydrogen) atoms. The van der Waals surface area contributed by atoms with Gasteiger partial charge in [-0.1, -0.05) is 0 Å². The average Bonchev–Trinajstić information content (AvgIpc) is 2.33. The molecule has 0 amide bonds. The predicted octanol–water partition coefficient (Wildman–Crippen LogP) is 0.574. The van der Waals surface area contributed by atoms with Gasteiger partial charge in [0.05, 0.1) is 17.7 Å². The maximum Gasteiger partial charge on any atom is 0.191 e. The Balaban J connectivity index is 2.18. The predicted molar refractivity (Wildman–Crippen MR) is 56.2 cm³/mol. The first-order valence-electron chi connectivity index (χ1n) is 5.13. The lowest BCUT2D eigenvalue weighted by atomic mass is 9.81. The minimum atomic E-state index is -0.0490. The summed E-state index contributed by atoms with van der Waals surface area (Å²) in [5.41, 5.74) is 5.88. The van der Waals surface area contributed by atoms with Gasteiger partial charge < -0.3 is 15.4 Å². The van der Waals surface area contributed by atoms with Crippen molar-refractivity contribution in [1.82, 2.24) is 4.90 Å². The highest BCUT2D eigenvalue weighted by molar-refractivity contribution is 5.80. The number of ether oxygens (including phenoxy) is 1.